The Kier molecular flexibility index (Phi) is 2.37. The van der Waals surface area contributed by atoms with Crippen molar-refractivity contribution < 1.29 is 14.7 Å². The smallest absolute Gasteiger partial charge is 0.410 e. The molecule has 0 aliphatic heterocycles. The van der Waals surface area contributed by atoms with Crippen LogP contribution >= 0.6 is 0 Å². The molecule has 0 aromatic carbocycles. The molecule has 1 amide bonds. The van der Waals surface area contributed by atoms with E-state index in [-0.39, 0.29) is 5.82 Å². The summed E-state index contributed by atoms with van der Waals surface area (Å²) >= 11 is 0. The molecule has 0 bridgehead atoms. The number of anilines is 1. The lowest BCUT2D eigenvalue weighted by atomic mass is 10.3. The van der Waals surface area contributed by atoms with E-state index in [9.17, 15) is 9.59 Å². The maximum absolute atomic E-state index is 10.2. The summed E-state index contributed by atoms with van der Waals surface area (Å²) in [5, 5.41) is 10.3. The minimum atomic E-state index is -1.18. The number of hydrogen-bond donors (Lipinski definition) is 2. The maximum Gasteiger partial charge on any atom is 0.410 e. The van der Waals surface area contributed by atoms with Crippen LogP contribution in [0.3, 0.4) is 0 Å². The van der Waals surface area contributed by atoms with Gasteiger partial charge in [0.1, 0.15) is 5.82 Å². The molecule has 5 nitrogen and oxygen atoms in total. The van der Waals surface area contributed by atoms with Crippen molar-refractivity contribution in [3.05, 3.63) is 23.9 Å². The predicted octanol–water partition coefficient (Wildman–Crippen LogP) is 0.984. The second-order valence-electron chi connectivity index (χ2n) is 2.02. The third-order valence-corrected chi connectivity index (χ3v) is 1.16. The summed E-state index contributed by atoms with van der Waals surface area (Å²) in [7, 11) is 0. The number of carbonyl (C=O) groups excluding carboxylic acids is 1. The first kappa shape index (κ1) is 8.19. The van der Waals surface area contributed by atoms with Crippen LogP contribution in [0.4, 0.5) is 10.6 Å². The number of carboxylic acid groups (broad SMARTS) is 1. The Hall–Kier alpha value is -1.91. The van der Waals surface area contributed by atoms with E-state index in [1.165, 1.54) is 18.3 Å². The van der Waals surface area contributed by atoms with Crippen LogP contribution in [-0.4, -0.2) is 22.5 Å². The normalized spacial score (nSPS) is 9.00. The number of carbonyl (C=O) groups is 2. The van der Waals surface area contributed by atoms with Crippen molar-refractivity contribution in [3.8, 4) is 0 Å². The van der Waals surface area contributed by atoms with E-state index in [1.807, 2.05) is 5.32 Å². The second-order valence-corrected chi connectivity index (χ2v) is 2.02. The summed E-state index contributed by atoms with van der Waals surface area (Å²) in [6.45, 7) is 0. The van der Waals surface area contributed by atoms with Gasteiger partial charge in [0.15, 0.2) is 6.29 Å². The average Bonchev–Trinajstić information content (AvgIpc) is 2.05. The molecule has 0 aliphatic carbocycles. The summed E-state index contributed by atoms with van der Waals surface area (Å²) in [5.41, 5.74) is 0.408. The monoisotopic (exact) mass is 166 g/mol. The molecule has 62 valence electrons. The maximum atomic E-state index is 10.2. The van der Waals surface area contributed by atoms with Crippen molar-refractivity contribution in [2.24, 2.45) is 0 Å². The van der Waals surface area contributed by atoms with Gasteiger partial charge in [-0.3, -0.25) is 10.1 Å². The average molecular weight is 166 g/mol. The Labute approximate surface area is 68.0 Å². The molecule has 1 rings (SSSR count). The minimum absolute atomic E-state index is 0.202. The van der Waals surface area contributed by atoms with Gasteiger partial charge in [-0.1, -0.05) is 0 Å². The van der Waals surface area contributed by atoms with Gasteiger partial charge in [-0.2, -0.15) is 0 Å². The van der Waals surface area contributed by atoms with Gasteiger partial charge in [0.05, 0.1) is 0 Å². The number of pyridine rings is 1. The zero-order valence-corrected chi connectivity index (χ0v) is 6.02. The zero-order valence-electron chi connectivity index (χ0n) is 6.02. The van der Waals surface area contributed by atoms with Crippen molar-refractivity contribution in [1.29, 1.82) is 0 Å². The highest BCUT2D eigenvalue weighted by Gasteiger charge is 1.97. The van der Waals surface area contributed by atoms with Crippen LogP contribution in [0.15, 0.2) is 18.3 Å². The highest BCUT2D eigenvalue weighted by atomic mass is 16.4. The molecule has 2 N–H and O–H groups in total. The first-order valence-corrected chi connectivity index (χ1v) is 3.13. The molecule has 1 heterocycles. The molecule has 0 fully saturated rings. The molecular weight excluding hydrogens is 160 g/mol. The Morgan fingerprint density at radius 3 is 2.75 bits per heavy atom. The van der Waals surface area contributed by atoms with Crippen LogP contribution in [0.1, 0.15) is 10.4 Å². The standard InChI is InChI=1S/C7H6N2O3/c10-4-5-1-2-6(8-3-5)9-7(11)12/h1-4H,(H,8,9)(H,11,12). The molecule has 0 aliphatic rings. The summed E-state index contributed by atoms with van der Waals surface area (Å²) in [4.78, 5) is 23.9. The fourth-order valence-corrected chi connectivity index (χ4v) is 0.659. The van der Waals surface area contributed by atoms with Crippen LogP contribution in [0, 0.1) is 0 Å². The summed E-state index contributed by atoms with van der Waals surface area (Å²) in [6, 6.07) is 2.89. The van der Waals surface area contributed by atoms with Crippen molar-refractivity contribution in [3.63, 3.8) is 0 Å². The van der Waals surface area contributed by atoms with Crippen molar-refractivity contribution in [2.45, 2.75) is 0 Å². The van der Waals surface area contributed by atoms with E-state index in [0.717, 1.165) is 0 Å². The Bertz CT molecular complexity index is 294. The van der Waals surface area contributed by atoms with Gasteiger partial charge >= 0.3 is 6.09 Å². The number of nitrogens with zero attached hydrogens (tertiary/aromatic N) is 1. The molecule has 12 heavy (non-hydrogen) atoms. The van der Waals surface area contributed by atoms with Gasteiger partial charge in [-0.05, 0) is 12.1 Å². The van der Waals surface area contributed by atoms with Gasteiger partial charge in [0, 0.05) is 11.8 Å². The number of hydrogen-bond acceptors (Lipinski definition) is 3. The fraction of sp³-hybridized carbons (Fsp3) is 0. The van der Waals surface area contributed by atoms with Crippen LogP contribution in [0.2, 0.25) is 0 Å². The molecule has 0 radical (unpaired) electrons. The molecule has 1 aromatic heterocycles. The minimum Gasteiger partial charge on any atom is -0.465 e. The van der Waals surface area contributed by atoms with E-state index in [2.05, 4.69) is 4.98 Å². The van der Waals surface area contributed by atoms with Crippen LogP contribution in [-0.2, 0) is 0 Å². The molecule has 5 heteroatoms. The lowest BCUT2D eigenvalue weighted by molar-refractivity contribution is 0.112. The van der Waals surface area contributed by atoms with Gasteiger partial charge in [0.2, 0.25) is 0 Å². The van der Waals surface area contributed by atoms with Crippen molar-refractivity contribution >= 4 is 18.2 Å². The zero-order chi connectivity index (χ0) is 8.97. The lowest BCUT2D eigenvalue weighted by Crippen LogP contribution is -2.08. The number of aldehydes is 1. The quantitative estimate of drug-likeness (QED) is 0.642. The molecule has 0 saturated heterocycles. The molecular formula is C7H6N2O3. The third-order valence-electron chi connectivity index (χ3n) is 1.16. The molecule has 0 spiro atoms. The SMILES string of the molecule is O=Cc1ccc(NC(=O)O)nc1. The number of amides is 1. The van der Waals surface area contributed by atoms with E-state index in [4.69, 9.17) is 5.11 Å². The van der Waals surface area contributed by atoms with Gasteiger partial charge < -0.3 is 5.11 Å². The Balaban J connectivity index is 2.77. The first-order valence-electron chi connectivity index (χ1n) is 3.13. The lowest BCUT2D eigenvalue weighted by Gasteiger charge is -1.97. The van der Waals surface area contributed by atoms with Gasteiger partial charge in [-0.25, -0.2) is 9.78 Å². The number of rotatable bonds is 2. The molecule has 0 unspecified atom stereocenters. The number of nitrogens with one attached hydrogen (secondary N) is 1. The van der Waals surface area contributed by atoms with Crippen molar-refractivity contribution in [2.75, 3.05) is 5.32 Å². The molecule has 1 aromatic rings. The predicted molar refractivity (Wildman–Crippen MR) is 41.3 cm³/mol. The topological polar surface area (TPSA) is 79.3 Å². The Morgan fingerprint density at radius 1 is 1.58 bits per heavy atom. The fourth-order valence-electron chi connectivity index (χ4n) is 0.659. The highest BCUT2D eigenvalue weighted by Crippen LogP contribution is 2.02. The molecule has 0 atom stereocenters. The number of aromatic nitrogens is 1. The Morgan fingerprint density at radius 2 is 2.33 bits per heavy atom. The van der Waals surface area contributed by atoms with Crippen LogP contribution < -0.4 is 5.32 Å². The summed E-state index contributed by atoms with van der Waals surface area (Å²) in [6.07, 6.45) is 0.747. The van der Waals surface area contributed by atoms with E-state index < -0.39 is 6.09 Å². The van der Waals surface area contributed by atoms with Crippen LogP contribution in [0.25, 0.3) is 0 Å². The largest absolute Gasteiger partial charge is 0.465 e. The van der Waals surface area contributed by atoms with Gasteiger partial charge in [0.25, 0.3) is 0 Å². The van der Waals surface area contributed by atoms with E-state index in [0.29, 0.717) is 11.8 Å². The van der Waals surface area contributed by atoms with E-state index >= 15 is 0 Å². The van der Waals surface area contributed by atoms with Crippen molar-refractivity contribution in [1.82, 2.24) is 4.98 Å². The second kappa shape index (κ2) is 3.47. The summed E-state index contributed by atoms with van der Waals surface area (Å²) < 4.78 is 0. The summed E-state index contributed by atoms with van der Waals surface area (Å²) in [5.74, 6) is 0.202. The molecule has 0 saturated carbocycles. The van der Waals surface area contributed by atoms with E-state index in [1.54, 1.807) is 0 Å². The first-order chi connectivity index (χ1) is 5.72. The van der Waals surface area contributed by atoms with Crippen LogP contribution in [0.5, 0.6) is 0 Å². The third kappa shape index (κ3) is 2.05. The highest BCUT2D eigenvalue weighted by molar-refractivity contribution is 5.82. The van der Waals surface area contributed by atoms with Gasteiger partial charge in [-0.15, -0.1) is 0 Å².